The third kappa shape index (κ3) is 3.87. The van der Waals surface area contributed by atoms with Gasteiger partial charge < -0.3 is 14.5 Å². The Labute approximate surface area is 154 Å². The van der Waals surface area contributed by atoms with Gasteiger partial charge in [0.25, 0.3) is 5.91 Å². The Hall–Kier alpha value is -2.82. The van der Waals surface area contributed by atoms with Crippen molar-refractivity contribution >= 4 is 17.6 Å². The van der Waals surface area contributed by atoms with Gasteiger partial charge in [-0.05, 0) is 48.7 Å². The lowest BCUT2D eigenvalue weighted by molar-refractivity contribution is 0.0600. The first kappa shape index (κ1) is 18.0. The van der Waals surface area contributed by atoms with Gasteiger partial charge in [0.1, 0.15) is 0 Å². The van der Waals surface area contributed by atoms with Crippen LogP contribution in [0.4, 0.5) is 5.69 Å². The predicted molar refractivity (Wildman–Crippen MR) is 101 cm³/mol. The van der Waals surface area contributed by atoms with E-state index < -0.39 is 5.97 Å². The minimum Gasteiger partial charge on any atom is -0.465 e. The van der Waals surface area contributed by atoms with E-state index in [9.17, 15) is 9.59 Å². The van der Waals surface area contributed by atoms with E-state index in [0.717, 1.165) is 18.7 Å². The summed E-state index contributed by atoms with van der Waals surface area (Å²) < 4.78 is 4.69. The van der Waals surface area contributed by atoms with Gasteiger partial charge in [-0.1, -0.05) is 18.2 Å². The number of nitrogens with zero attached hydrogens (tertiary/aromatic N) is 2. The monoisotopic (exact) mass is 352 g/mol. The SMILES string of the molecule is COC(=O)c1ccc(C(=O)N(C)Cc2ccccc2N2CCCC2)cc1. The molecule has 2 aromatic carbocycles. The summed E-state index contributed by atoms with van der Waals surface area (Å²) in [5.74, 6) is -0.477. The van der Waals surface area contributed by atoms with E-state index in [-0.39, 0.29) is 5.91 Å². The van der Waals surface area contributed by atoms with Crippen LogP contribution < -0.4 is 4.90 Å². The van der Waals surface area contributed by atoms with Crippen LogP contribution in [0.15, 0.2) is 48.5 Å². The molecule has 1 saturated heterocycles. The number of ether oxygens (including phenoxy) is 1. The number of anilines is 1. The van der Waals surface area contributed by atoms with Crippen molar-refractivity contribution in [2.75, 3.05) is 32.1 Å². The molecule has 0 aliphatic carbocycles. The van der Waals surface area contributed by atoms with Crippen LogP contribution in [0.5, 0.6) is 0 Å². The Morgan fingerprint density at radius 3 is 2.27 bits per heavy atom. The summed E-state index contributed by atoms with van der Waals surface area (Å²) in [6.07, 6.45) is 2.44. The van der Waals surface area contributed by atoms with E-state index in [4.69, 9.17) is 0 Å². The Balaban J connectivity index is 1.73. The molecule has 0 aromatic heterocycles. The highest BCUT2D eigenvalue weighted by Gasteiger charge is 2.18. The normalized spacial score (nSPS) is 13.5. The van der Waals surface area contributed by atoms with E-state index in [1.165, 1.54) is 25.6 Å². The Morgan fingerprint density at radius 1 is 1.00 bits per heavy atom. The standard InChI is InChI=1S/C21H24N2O3/c1-22(20(24)16-9-11-17(12-10-16)21(25)26-2)15-18-7-3-4-8-19(18)23-13-5-6-14-23/h3-4,7-12H,5-6,13-15H2,1-2H3. The predicted octanol–water partition coefficient (Wildman–Crippen LogP) is 3.35. The number of esters is 1. The number of carbonyl (C=O) groups is 2. The van der Waals surface area contributed by atoms with Crippen molar-refractivity contribution in [2.24, 2.45) is 0 Å². The molecule has 1 aliphatic heterocycles. The van der Waals surface area contributed by atoms with E-state index in [1.54, 1.807) is 36.2 Å². The molecule has 0 bridgehead atoms. The smallest absolute Gasteiger partial charge is 0.337 e. The Kier molecular flexibility index (Phi) is 5.56. The van der Waals surface area contributed by atoms with Crippen LogP contribution >= 0.6 is 0 Å². The maximum Gasteiger partial charge on any atom is 0.337 e. The first-order valence-corrected chi connectivity index (χ1v) is 8.87. The highest BCUT2D eigenvalue weighted by atomic mass is 16.5. The van der Waals surface area contributed by atoms with E-state index in [1.807, 2.05) is 12.1 Å². The second-order valence-corrected chi connectivity index (χ2v) is 6.55. The summed E-state index contributed by atoms with van der Waals surface area (Å²) in [6.45, 7) is 2.69. The lowest BCUT2D eigenvalue weighted by Crippen LogP contribution is -2.28. The fraction of sp³-hybridized carbons (Fsp3) is 0.333. The molecule has 5 heteroatoms. The lowest BCUT2D eigenvalue weighted by atomic mass is 10.1. The summed E-state index contributed by atoms with van der Waals surface area (Å²) in [5.41, 5.74) is 3.35. The third-order valence-electron chi connectivity index (χ3n) is 4.75. The van der Waals surface area contributed by atoms with Crippen LogP contribution in [-0.2, 0) is 11.3 Å². The topological polar surface area (TPSA) is 49.9 Å². The summed E-state index contributed by atoms with van der Waals surface area (Å²) in [6, 6.07) is 14.8. The van der Waals surface area contributed by atoms with Crippen LogP contribution in [0.25, 0.3) is 0 Å². The Bertz CT molecular complexity index is 780. The zero-order chi connectivity index (χ0) is 18.5. The van der Waals surface area contributed by atoms with Gasteiger partial charge in [-0.3, -0.25) is 4.79 Å². The highest BCUT2D eigenvalue weighted by Crippen LogP contribution is 2.25. The van der Waals surface area contributed by atoms with Crippen molar-refractivity contribution < 1.29 is 14.3 Å². The average Bonchev–Trinajstić information content (AvgIpc) is 3.22. The Morgan fingerprint density at radius 2 is 1.62 bits per heavy atom. The van der Waals surface area contributed by atoms with Crippen LogP contribution in [-0.4, -0.2) is 44.0 Å². The van der Waals surface area contributed by atoms with Gasteiger partial charge in [0.2, 0.25) is 0 Å². The molecule has 3 rings (SSSR count). The van der Waals surface area contributed by atoms with Crippen LogP contribution in [0.1, 0.15) is 39.1 Å². The quantitative estimate of drug-likeness (QED) is 0.775. The average molecular weight is 352 g/mol. The maximum absolute atomic E-state index is 12.7. The largest absolute Gasteiger partial charge is 0.465 e. The molecule has 0 saturated carbocycles. The highest BCUT2D eigenvalue weighted by molar-refractivity contribution is 5.96. The van der Waals surface area contributed by atoms with Gasteiger partial charge in [0.05, 0.1) is 12.7 Å². The zero-order valence-corrected chi connectivity index (χ0v) is 15.3. The van der Waals surface area contributed by atoms with E-state index in [2.05, 4.69) is 21.8 Å². The number of benzene rings is 2. The zero-order valence-electron chi connectivity index (χ0n) is 15.3. The van der Waals surface area contributed by atoms with Crippen LogP contribution in [0.2, 0.25) is 0 Å². The molecule has 1 amide bonds. The van der Waals surface area contributed by atoms with E-state index >= 15 is 0 Å². The number of amides is 1. The van der Waals surface area contributed by atoms with Gasteiger partial charge in [-0.25, -0.2) is 4.79 Å². The summed E-state index contributed by atoms with van der Waals surface area (Å²) in [7, 11) is 3.14. The van der Waals surface area contributed by atoms with Crippen molar-refractivity contribution in [3.63, 3.8) is 0 Å². The second kappa shape index (κ2) is 8.04. The molecule has 1 fully saturated rings. The third-order valence-corrected chi connectivity index (χ3v) is 4.75. The van der Waals surface area contributed by atoms with Crippen molar-refractivity contribution in [1.82, 2.24) is 4.90 Å². The molecule has 1 aliphatic rings. The van der Waals surface area contributed by atoms with Gasteiger partial charge in [0, 0.05) is 37.9 Å². The molecule has 26 heavy (non-hydrogen) atoms. The van der Waals surface area contributed by atoms with Crippen LogP contribution in [0.3, 0.4) is 0 Å². The fourth-order valence-electron chi connectivity index (χ4n) is 3.33. The maximum atomic E-state index is 12.7. The van der Waals surface area contributed by atoms with Gasteiger partial charge in [-0.2, -0.15) is 0 Å². The molecule has 136 valence electrons. The molecular weight excluding hydrogens is 328 g/mol. The minimum atomic E-state index is -0.406. The van der Waals surface area contributed by atoms with Crippen molar-refractivity contribution in [3.05, 3.63) is 65.2 Å². The molecule has 0 atom stereocenters. The minimum absolute atomic E-state index is 0.0716. The summed E-state index contributed by atoms with van der Waals surface area (Å²) in [5, 5.41) is 0. The van der Waals surface area contributed by atoms with Gasteiger partial charge in [-0.15, -0.1) is 0 Å². The molecule has 2 aromatic rings. The number of hydrogen-bond donors (Lipinski definition) is 0. The summed E-state index contributed by atoms with van der Waals surface area (Å²) in [4.78, 5) is 28.3. The molecule has 1 heterocycles. The summed E-state index contributed by atoms with van der Waals surface area (Å²) >= 11 is 0. The molecular formula is C21H24N2O3. The number of para-hydroxylation sites is 1. The molecule has 5 nitrogen and oxygen atoms in total. The number of hydrogen-bond acceptors (Lipinski definition) is 4. The lowest BCUT2D eigenvalue weighted by Gasteiger charge is -2.24. The van der Waals surface area contributed by atoms with Crippen molar-refractivity contribution in [3.8, 4) is 0 Å². The van der Waals surface area contributed by atoms with Crippen molar-refractivity contribution in [1.29, 1.82) is 0 Å². The fourth-order valence-corrected chi connectivity index (χ4v) is 3.33. The number of methoxy groups -OCH3 is 1. The van der Waals surface area contributed by atoms with Crippen molar-refractivity contribution in [2.45, 2.75) is 19.4 Å². The molecule has 0 unspecified atom stereocenters. The molecule has 0 N–H and O–H groups in total. The van der Waals surface area contributed by atoms with Gasteiger partial charge >= 0.3 is 5.97 Å². The molecule has 0 spiro atoms. The van der Waals surface area contributed by atoms with E-state index in [0.29, 0.717) is 17.7 Å². The number of carbonyl (C=O) groups excluding carboxylic acids is 2. The number of rotatable bonds is 5. The molecule has 0 radical (unpaired) electrons. The van der Waals surface area contributed by atoms with Gasteiger partial charge in [0.15, 0.2) is 0 Å². The van der Waals surface area contributed by atoms with Crippen LogP contribution in [0, 0.1) is 0 Å². The second-order valence-electron chi connectivity index (χ2n) is 6.55. The first-order chi connectivity index (χ1) is 12.6. The first-order valence-electron chi connectivity index (χ1n) is 8.87.